The van der Waals surface area contributed by atoms with Gasteiger partial charge >= 0.3 is 12.1 Å². The van der Waals surface area contributed by atoms with Crippen molar-refractivity contribution in [2.45, 2.75) is 6.92 Å². The number of halogens is 2. The van der Waals surface area contributed by atoms with Gasteiger partial charge in [-0.3, -0.25) is 0 Å². The Labute approximate surface area is 136 Å². The molecule has 0 unspecified atom stereocenters. The Morgan fingerprint density at radius 2 is 2.27 bits per heavy atom. The van der Waals surface area contributed by atoms with Crippen LogP contribution in [-0.2, 0) is 0 Å². The summed E-state index contributed by atoms with van der Waals surface area (Å²) in [6.45, 7) is 1.90. The SMILES string of the molecule is CC1=NNC(=O)N(NC(=O)N/N=C/c2ccc(Cl)cc2Cl)C1. The van der Waals surface area contributed by atoms with Gasteiger partial charge in [0.25, 0.3) is 0 Å². The van der Waals surface area contributed by atoms with Crippen molar-refractivity contribution in [1.29, 1.82) is 0 Å². The Kier molecular flexibility index (Phi) is 5.18. The largest absolute Gasteiger partial charge is 0.356 e. The molecule has 1 aliphatic rings. The van der Waals surface area contributed by atoms with E-state index in [-0.39, 0.29) is 6.54 Å². The van der Waals surface area contributed by atoms with E-state index in [0.717, 1.165) is 5.01 Å². The van der Waals surface area contributed by atoms with Crippen LogP contribution in [0.4, 0.5) is 9.59 Å². The molecule has 116 valence electrons. The fraction of sp³-hybridized carbons (Fsp3) is 0.167. The maximum absolute atomic E-state index is 11.6. The summed E-state index contributed by atoms with van der Waals surface area (Å²) >= 11 is 11.7. The normalized spacial score (nSPS) is 14.6. The molecule has 0 fully saturated rings. The molecule has 10 heteroatoms. The first-order valence-electron chi connectivity index (χ1n) is 6.11. The Morgan fingerprint density at radius 1 is 1.50 bits per heavy atom. The monoisotopic (exact) mass is 342 g/mol. The molecular weight excluding hydrogens is 331 g/mol. The van der Waals surface area contributed by atoms with E-state index in [9.17, 15) is 9.59 Å². The number of rotatable bonds is 3. The van der Waals surface area contributed by atoms with Gasteiger partial charge in [0.15, 0.2) is 0 Å². The molecule has 0 saturated heterocycles. The summed E-state index contributed by atoms with van der Waals surface area (Å²) in [5, 5.41) is 9.45. The van der Waals surface area contributed by atoms with Crippen LogP contribution in [-0.4, -0.2) is 35.5 Å². The lowest BCUT2D eigenvalue weighted by atomic mass is 10.2. The van der Waals surface area contributed by atoms with Gasteiger partial charge in [-0.15, -0.1) is 0 Å². The molecule has 0 saturated carbocycles. The molecular formula is C12H12Cl2N6O2. The predicted molar refractivity (Wildman–Crippen MR) is 84.1 cm³/mol. The minimum absolute atomic E-state index is 0.186. The highest BCUT2D eigenvalue weighted by Gasteiger charge is 2.20. The minimum atomic E-state index is -0.675. The number of nitrogens with one attached hydrogen (secondary N) is 3. The van der Waals surface area contributed by atoms with Crippen molar-refractivity contribution in [2.24, 2.45) is 10.2 Å². The van der Waals surface area contributed by atoms with Crippen LogP contribution in [0.5, 0.6) is 0 Å². The summed E-state index contributed by atoms with van der Waals surface area (Å²) in [5.41, 5.74) is 8.04. The van der Waals surface area contributed by atoms with Crippen LogP contribution >= 0.6 is 23.2 Å². The van der Waals surface area contributed by atoms with E-state index in [2.05, 4.69) is 26.5 Å². The van der Waals surface area contributed by atoms with E-state index < -0.39 is 12.1 Å². The first-order chi connectivity index (χ1) is 10.5. The second-order valence-electron chi connectivity index (χ2n) is 4.33. The number of urea groups is 2. The van der Waals surface area contributed by atoms with Gasteiger partial charge in [-0.2, -0.15) is 10.2 Å². The van der Waals surface area contributed by atoms with Gasteiger partial charge in [-0.05, 0) is 19.1 Å². The molecule has 0 spiro atoms. The van der Waals surface area contributed by atoms with Crippen LogP contribution in [0, 0.1) is 0 Å². The lowest BCUT2D eigenvalue weighted by molar-refractivity contribution is 0.173. The molecule has 0 bridgehead atoms. The third-order valence-corrected chi connectivity index (χ3v) is 3.11. The van der Waals surface area contributed by atoms with E-state index >= 15 is 0 Å². The van der Waals surface area contributed by atoms with Gasteiger partial charge in [0, 0.05) is 10.6 Å². The molecule has 1 heterocycles. The number of hydrazone groups is 2. The van der Waals surface area contributed by atoms with Gasteiger partial charge in [0.05, 0.1) is 23.5 Å². The lowest BCUT2D eigenvalue weighted by Crippen LogP contribution is -2.55. The zero-order valence-electron chi connectivity index (χ0n) is 11.4. The standard InChI is InChI=1S/C12H12Cl2N6O2/c1-7-6-20(12(22)18-16-7)19-11(21)17-15-5-8-2-3-9(13)4-10(8)14/h2-5H,6H2,1H3,(H,18,22)(H2,17,19,21)/b15-5+. The Bertz CT molecular complexity index is 661. The number of carbonyl (C=O) groups excluding carboxylic acids is 2. The summed E-state index contributed by atoms with van der Waals surface area (Å²) in [5.74, 6) is 0. The Balaban J connectivity index is 1.88. The number of carbonyl (C=O) groups is 2. The molecule has 0 radical (unpaired) electrons. The number of hydrogen-bond donors (Lipinski definition) is 3. The maximum atomic E-state index is 11.6. The number of amides is 4. The second-order valence-corrected chi connectivity index (χ2v) is 5.17. The Hall–Kier alpha value is -2.32. The average molecular weight is 343 g/mol. The van der Waals surface area contributed by atoms with Crippen LogP contribution in [0.2, 0.25) is 10.0 Å². The number of benzene rings is 1. The van der Waals surface area contributed by atoms with Crippen molar-refractivity contribution in [3.05, 3.63) is 33.8 Å². The third kappa shape index (κ3) is 4.34. The van der Waals surface area contributed by atoms with Crippen LogP contribution in [0.3, 0.4) is 0 Å². The van der Waals surface area contributed by atoms with Crippen LogP contribution in [0.15, 0.2) is 28.4 Å². The zero-order chi connectivity index (χ0) is 16.1. The number of nitrogens with zero attached hydrogens (tertiary/aromatic N) is 3. The van der Waals surface area contributed by atoms with Gasteiger partial charge in [-0.25, -0.2) is 30.9 Å². The van der Waals surface area contributed by atoms with Crippen molar-refractivity contribution in [2.75, 3.05) is 6.54 Å². The van der Waals surface area contributed by atoms with Crippen LogP contribution < -0.4 is 16.3 Å². The second kappa shape index (κ2) is 7.10. The summed E-state index contributed by atoms with van der Waals surface area (Å²) in [4.78, 5) is 23.1. The Morgan fingerprint density at radius 3 is 3.00 bits per heavy atom. The van der Waals surface area contributed by atoms with Gasteiger partial charge in [0.2, 0.25) is 0 Å². The van der Waals surface area contributed by atoms with Crippen molar-refractivity contribution < 1.29 is 9.59 Å². The van der Waals surface area contributed by atoms with E-state index in [4.69, 9.17) is 23.2 Å². The summed E-state index contributed by atoms with van der Waals surface area (Å²) in [6, 6.07) is 3.66. The smallest absolute Gasteiger partial charge is 0.245 e. The fourth-order valence-electron chi connectivity index (χ4n) is 1.54. The highest BCUT2D eigenvalue weighted by molar-refractivity contribution is 6.36. The molecule has 1 aliphatic heterocycles. The topological polar surface area (TPSA) is 98.2 Å². The number of hydrogen-bond acceptors (Lipinski definition) is 4. The average Bonchev–Trinajstić information content (AvgIpc) is 2.45. The molecule has 1 aromatic rings. The third-order valence-electron chi connectivity index (χ3n) is 2.54. The summed E-state index contributed by atoms with van der Waals surface area (Å²) in [6.07, 6.45) is 1.36. The molecule has 0 aliphatic carbocycles. The van der Waals surface area contributed by atoms with E-state index in [0.29, 0.717) is 21.3 Å². The first kappa shape index (κ1) is 16.1. The molecule has 2 rings (SSSR count). The van der Waals surface area contributed by atoms with Crippen molar-refractivity contribution in [3.8, 4) is 0 Å². The van der Waals surface area contributed by atoms with Crippen molar-refractivity contribution in [3.63, 3.8) is 0 Å². The van der Waals surface area contributed by atoms with Gasteiger partial charge in [0.1, 0.15) is 0 Å². The number of hydrazine groups is 1. The molecule has 4 amide bonds. The molecule has 0 atom stereocenters. The molecule has 1 aromatic carbocycles. The first-order valence-corrected chi connectivity index (χ1v) is 6.86. The fourth-order valence-corrected chi connectivity index (χ4v) is 2.00. The highest BCUT2D eigenvalue weighted by Crippen LogP contribution is 2.19. The van der Waals surface area contributed by atoms with E-state index in [1.807, 2.05) is 0 Å². The van der Waals surface area contributed by atoms with Crippen molar-refractivity contribution >= 4 is 47.2 Å². The van der Waals surface area contributed by atoms with Gasteiger partial charge < -0.3 is 0 Å². The molecule has 3 N–H and O–H groups in total. The van der Waals surface area contributed by atoms with Crippen molar-refractivity contribution in [1.82, 2.24) is 21.3 Å². The van der Waals surface area contributed by atoms with Crippen LogP contribution in [0.1, 0.15) is 12.5 Å². The molecule has 0 aromatic heterocycles. The summed E-state index contributed by atoms with van der Waals surface area (Å²) < 4.78 is 0. The van der Waals surface area contributed by atoms with E-state index in [1.165, 1.54) is 6.21 Å². The molecule has 8 nitrogen and oxygen atoms in total. The zero-order valence-corrected chi connectivity index (χ0v) is 12.9. The highest BCUT2D eigenvalue weighted by atomic mass is 35.5. The van der Waals surface area contributed by atoms with E-state index in [1.54, 1.807) is 25.1 Å². The van der Waals surface area contributed by atoms with Gasteiger partial charge in [-0.1, -0.05) is 29.3 Å². The summed E-state index contributed by atoms with van der Waals surface area (Å²) in [7, 11) is 0. The predicted octanol–water partition coefficient (Wildman–Crippen LogP) is 1.94. The van der Waals surface area contributed by atoms with Crippen LogP contribution in [0.25, 0.3) is 0 Å². The lowest BCUT2D eigenvalue weighted by Gasteiger charge is -2.25. The quantitative estimate of drug-likeness (QED) is 0.577. The molecule has 22 heavy (non-hydrogen) atoms. The minimum Gasteiger partial charge on any atom is -0.245 e. The maximum Gasteiger partial charge on any atom is 0.356 e.